The van der Waals surface area contributed by atoms with Gasteiger partial charge < -0.3 is 10.5 Å². The first-order chi connectivity index (χ1) is 7.44. The Balaban J connectivity index is 2.80. The van der Waals surface area contributed by atoms with E-state index in [1.165, 1.54) is 19.2 Å². The standard InChI is InChI=1S/C10H14FNO3S/c1-15-4-5-16(13,14)7-8-2-3-9(11)6-10(8)12/h2-3,6H,4-5,7,12H2,1H3. The van der Waals surface area contributed by atoms with Crippen molar-refractivity contribution in [1.29, 1.82) is 0 Å². The van der Waals surface area contributed by atoms with Crippen LogP contribution in [0.2, 0.25) is 0 Å². The van der Waals surface area contributed by atoms with Crippen molar-refractivity contribution < 1.29 is 17.5 Å². The molecule has 0 spiro atoms. The lowest BCUT2D eigenvalue weighted by molar-refractivity contribution is 0.217. The molecule has 0 saturated heterocycles. The molecule has 0 aliphatic heterocycles. The minimum absolute atomic E-state index is 0.0691. The highest BCUT2D eigenvalue weighted by molar-refractivity contribution is 7.90. The smallest absolute Gasteiger partial charge is 0.156 e. The highest BCUT2D eigenvalue weighted by Gasteiger charge is 2.13. The molecule has 1 aromatic rings. The Morgan fingerprint density at radius 2 is 2.12 bits per heavy atom. The van der Waals surface area contributed by atoms with Crippen molar-refractivity contribution in [1.82, 2.24) is 0 Å². The van der Waals surface area contributed by atoms with Gasteiger partial charge in [-0.25, -0.2) is 12.8 Å². The van der Waals surface area contributed by atoms with E-state index in [9.17, 15) is 12.8 Å². The van der Waals surface area contributed by atoms with Crippen LogP contribution in [0.3, 0.4) is 0 Å². The summed E-state index contributed by atoms with van der Waals surface area (Å²) in [6.45, 7) is 0.142. The van der Waals surface area contributed by atoms with E-state index in [0.717, 1.165) is 6.07 Å². The second-order valence-electron chi connectivity index (χ2n) is 3.43. The molecule has 90 valence electrons. The average Bonchev–Trinajstić information content (AvgIpc) is 2.19. The Hall–Kier alpha value is -1.14. The lowest BCUT2D eigenvalue weighted by Gasteiger charge is -2.06. The summed E-state index contributed by atoms with van der Waals surface area (Å²) in [5.41, 5.74) is 6.09. The van der Waals surface area contributed by atoms with Crippen molar-refractivity contribution in [2.24, 2.45) is 0 Å². The Morgan fingerprint density at radius 3 is 2.69 bits per heavy atom. The zero-order valence-electron chi connectivity index (χ0n) is 8.94. The number of sulfone groups is 1. The molecule has 0 saturated carbocycles. The summed E-state index contributed by atoms with van der Waals surface area (Å²) in [6.07, 6.45) is 0. The maximum Gasteiger partial charge on any atom is 0.156 e. The van der Waals surface area contributed by atoms with Crippen LogP contribution >= 0.6 is 0 Å². The number of halogens is 1. The second-order valence-corrected chi connectivity index (χ2v) is 5.61. The van der Waals surface area contributed by atoms with E-state index in [1.807, 2.05) is 0 Å². The van der Waals surface area contributed by atoms with Crippen molar-refractivity contribution in [3.05, 3.63) is 29.6 Å². The van der Waals surface area contributed by atoms with E-state index >= 15 is 0 Å². The molecule has 1 aromatic carbocycles. The second kappa shape index (κ2) is 5.27. The van der Waals surface area contributed by atoms with Crippen LogP contribution in [0.1, 0.15) is 5.56 Å². The molecule has 6 heteroatoms. The van der Waals surface area contributed by atoms with Gasteiger partial charge in [0.2, 0.25) is 0 Å². The van der Waals surface area contributed by atoms with Gasteiger partial charge >= 0.3 is 0 Å². The van der Waals surface area contributed by atoms with Crippen molar-refractivity contribution in [3.8, 4) is 0 Å². The van der Waals surface area contributed by atoms with E-state index in [2.05, 4.69) is 0 Å². The molecule has 0 aliphatic rings. The van der Waals surface area contributed by atoms with Gasteiger partial charge in [0.1, 0.15) is 5.82 Å². The number of nitrogens with two attached hydrogens (primary N) is 1. The number of rotatable bonds is 5. The number of ether oxygens (including phenoxy) is 1. The van der Waals surface area contributed by atoms with Crippen molar-refractivity contribution in [3.63, 3.8) is 0 Å². The SMILES string of the molecule is COCCS(=O)(=O)Cc1ccc(F)cc1N. The molecular weight excluding hydrogens is 233 g/mol. The van der Waals surface area contributed by atoms with Gasteiger partial charge in [-0.2, -0.15) is 0 Å². The molecule has 0 aromatic heterocycles. The van der Waals surface area contributed by atoms with Crippen LogP contribution in [0.15, 0.2) is 18.2 Å². The van der Waals surface area contributed by atoms with Crippen LogP contribution in [-0.2, 0) is 20.3 Å². The molecule has 16 heavy (non-hydrogen) atoms. The summed E-state index contributed by atoms with van der Waals surface area (Å²) in [5.74, 6) is -0.737. The third-order valence-corrected chi connectivity index (χ3v) is 3.62. The van der Waals surface area contributed by atoms with E-state index < -0.39 is 15.7 Å². The summed E-state index contributed by atoms with van der Waals surface area (Å²) < 4.78 is 40.6. The Bertz CT molecular complexity index is 459. The molecule has 2 N–H and O–H groups in total. The Morgan fingerprint density at radius 1 is 1.44 bits per heavy atom. The Kier molecular flexibility index (Phi) is 4.26. The van der Waals surface area contributed by atoms with Gasteiger partial charge in [-0.15, -0.1) is 0 Å². The van der Waals surface area contributed by atoms with E-state index in [-0.39, 0.29) is 23.8 Å². The van der Waals surface area contributed by atoms with Gasteiger partial charge in [0.15, 0.2) is 9.84 Å². The minimum Gasteiger partial charge on any atom is -0.398 e. The molecular formula is C10H14FNO3S. The van der Waals surface area contributed by atoms with E-state index in [4.69, 9.17) is 10.5 Å². The van der Waals surface area contributed by atoms with Gasteiger partial charge in [-0.05, 0) is 17.7 Å². The van der Waals surface area contributed by atoms with Gasteiger partial charge in [-0.1, -0.05) is 6.07 Å². The summed E-state index contributed by atoms with van der Waals surface area (Å²) in [5, 5.41) is 0. The number of nitrogen functional groups attached to an aromatic ring is 1. The van der Waals surface area contributed by atoms with Crippen LogP contribution in [0.4, 0.5) is 10.1 Å². The third kappa shape index (κ3) is 3.79. The number of anilines is 1. The van der Waals surface area contributed by atoms with Gasteiger partial charge in [0, 0.05) is 12.8 Å². The minimum atomic E-state index is -3.26. The quantitative estimate of drug-likeness (QED) is 0.787. The predicted octanol–water partition coefficient (Wildman–Crippen LogP) is 0.969. The topological polar surface area (TPSA) is 69.4 Å². The fourth-order valence-electron chi connectivity index (χ4n) is 1.22. The maximum atomic E-state index is 12.7. The monoisotopic (exact) mass is 247 g/mol. The molecule has 1 rings (SSSR count). The summed E-state index contributed by atoms with van der Waals surface area (Å²) in [4.78, 5) is 0. The van der Waals surface area contributed by atoms with Crippen LogP contribution in [0.25, 0.3) is 0 Å². The van der Waals surface area contributed by atoms with E-state index in [0.29, 0.717) is 5.56 Å². The molecule has 0 fully saturated rings. The number of hydrogen-bond acceptors (Lipinski definition) is 4. The van der Waals surface area contributed by atoms with Crippen LogP contribution in [0, 0.1) is 5.82 Å². The van der Waals surface area contributed by atoms with Gasteiger partial charge in [-0.3, -0.25) is 0 Å². The fraction of sp³-hybridized carbons (Fsp3) is 0.400. The largest absolute Gasteiger partial charge is 0.398 e. The summed E-state index contributed by atoms with van der Waals surface area (Å²) in [6, 6.07) is 3.69. The van der Waals surface area contributed by atoms with Crippen LogP contribution in [-0.4, -0.2) is 27.9 Å². The van der Waals surface area contributed by atoms with Gasteiger partial charge in [0.05, 0.1) is 18.1 Å². The molecule has 0 heterocycles. The average molecular weight is 247 g/mol. The number of hydrogen-bond donors (Lipinski definition) is 1. The maximum absolute atomic E-state index is 12.7. The van der Waals surface area contributed by atoms with Crippen molar-refractivity contribution in [2.75, 3.05) is 25.2 Å². The lowest BCUT2D eigenvalue weighted by atomic mass is 10.2. The zero-order chi connectivity index (χ0) is 12.2. The highest BCUT2D eigenvalue weighted by atomic mass is 32.2. The van der Waals surface area contributed by atoms with Crippen LogP contribution < -0.4 is 5.73 Å². The molecule has 4 nitrogen and oxygen atoms in total. The molecule has 0 atom stereocenters. The van der Waals surface area contributed by atoms with Gasteiger partial charge in [0.25, 0.3) is 0 Å². The molecule has 0 aliphatic carbocycles. The molecule has 0 radical (unpaired) electrons. The lowest BCUT2D eigenvalue weighted by Crippen LogP contribution is -2.14. The Labute approximate surface area is 94.1 Å². The fourth-order valence-corrected chi connectivity index (χ4v) is 2.52. The molecule has 0 unspecified atom stereocenters. The molecule has 0 bridgehead atoms. The zero-order valence-corrected chi connectivity index (χ0v) is 9.76. The highest BCUT2D eigenvalue weighted by Crippen LogP contribution is 2.16. The first-order valence-electron chi connectivity index (χ1n) is 4.68. The van der Waals surface area contributed by atoms with E-state index in [1.54, 1.807) is 0 Å². The summed E-state index contributed by atoms with van der Waals surface area (Å²) >= 11 is 0. The van der Waals surface area contributed by atoms with Crippen LogP contribution in [0.5, 0.6) is 0 Å². The third-order valence-electron chi connectivity index (χ3n) is 2.08. The number of methoxy groups -OCH3 is 1. The summed E-state index contributed by atoms with van der Waals surface area (Å²) in [7, 11) is -1.83. The molecule has 0 amide bonds. The first-order valence-corrected chi connectivity index (χ1v) is 6.50. The number of benzene rings is 1. The normalized spacial score (nSPS) is 11.6. The van der Waals surface area contributed by atoms with Crippen molar-refractivity contribution in [2.45, 2.75) is 5.75 Å². The van der Waals surface area contributed by atoms with Crippen molar-refractivity contribution >= 4 is 15.5 Å². The first kappa shape index (κ1) is 12.9. The predicted molar refractivity (Wildman–Crippen MR) is 60.2 cm³/mol.